The number of benzene rings is 1. The van der Waals surface area contributed by atoms with Crippen LogP contribution in [-0.4, -0.2) is 18.3 Å². The highest BCUT2D eigenvalue weighted by Crippen LogP contribution is 2.49. The van der Waals surface area contributed by atoms with Crippen molar-refractivity contribution in [1.29, 1.82) is 0 Å². The van der Waals surface area contributed by atoms with E-state index in [1.54, 1.807) is 24.3 Å². The maximum Gasteiger partial charge on any atom is 0.343 e. The predicted molar refractivity (Wildman–Crippen MR) is 79.0 cm³/mol. The van der Waals surface area contributed by atoms with E-state index >= 15 is 0 Å². The standard InChI is InChI=1S/C15H23O3P/c1-3-5-12-19(17,13-6-4-2)18-15(16)14-10-8-7-9-11-14/h7-11H,3-6,12-13H2,1-2H3. The van der Waals surface area contributed by atoms with Gasteiger partial charge in [0, 0.05) is 12.3 Å². The Morgan fingerprint density at radius 2 is 1.58 bits per heavy atom. The molecule has 0 fully saturated rings. The summed E-state index contributed by atoms with van der Waals surface area (Å²) in [5, 5.41) is 0. The van der Waals surface area contributed by atoms with E-state index in [4.69, 9.17) is 4.52 Å². The molecule has 0 heterocycles. The van der Waals surface area contributed by atoms with Crippen LogP contribution in [-0.2, 0) is 9.09 Å². The summed E-state index contributed by atoms with van der Waals surface area (Å²) < 4.78 is 18.0. The van der Waals surface area contributed by atoms with Crippen LogP contribution >= 0.6 is 7.37 Å². The fourth-order valence-corrected chi connectivity index (χ4v) is 4.19. The average molecular weight is 282 g/mol. The van der Waals surface area contributed by atoms with Crippen LogP contribution in [0.1, 0.15) is 49.9 Å². The molecule has 0 aliphatic carbocycles. The van der Waals surface area contributed by atoms with Gasteiger partial charge in [0.15, 0.2) is 0 Å². The fraction of sp³-hybridized carbons (Fsp3) is 0.533. The Bertz CT molecular complexity index is 416. The highest BCUT2D eigenvalue weighted by molar-refractivity contribution is 7.59. The van der Waals surface area contributed by atoms with Crippen molar-refractivity contribution in [3.63, 3.8) is 0 Å². The zero-order valence-electron chi connectivity index (χ0n) is 11.8. The SMILES string of the molecule is CCCCP(=O)(CCCC)OC(=O)c1ccccc1. The Labute approximate surface area is 115 Å². The van der Waals surface area contributed by atoms with Gasteiger partial charge in [-0.15, -0.1) is 0 Å². The molecule has 19 heavy (non-hydrogen) atoms. The molecule has 0 saturated heterocycles. The van der Waals surface area contributed by atoms with E-state index in [1.807, 2.05) is 19.9 Å². The number of carbonyl (C=O) groups is 1. The molecule has 3 nitrogen and oxygen atoms in total. The van der Waals surface area contributed by atoms with Crippen molar-refractivity contribution in [2.24, 2.45) is 0 Å². The molecular weight excluding hydrogens is 259 g/mol. The first kappa shape index (κ1) is 16.0. The molecule has 1 aromatic carbocycles. The first-order valence-electron chi connectivity index (χ1n) is 6.98. The lowest BCUT2D eigenvalue weighted by atomic mass is 10.2. The van der Waals surface area contributed by atoms with E-state index in [9.17, 15) is 9.36 Å². The molecule has 0 aliphatic heterocycles. The summed E-state index contributed by atoms with van der Waals surface area (Å²) in [6, 6.07) is 8.77. The summed E-state index contributed by atoms with van der Waals surface area (Å²) in [7, 11) is -2.82. The summed E-state index contributed by atoms with van der Waals surface area (Å²) in [5.41, 5.74) is 0.468. The van der Waals surface area contributed by atoms with Crippen LogP contribution in [0.2, 0.25) is 0 Å². The van der Waals surface area contributed by atoms with E-state index in [0.29, 0.717) is 17.9 Å². The molecular formula is C15H23O3P. The van der Waals surface area contributed by atoms with Gasteiger partial charge in [0.2, 0.25) is 0 Å². The van der Waals surface area contributed by atoms with Crippen molar-refractivity contribution >= 4 is 13.3 Å². The minimum atomic E-state index is -2.82. The van der Waals surface area contributed by atoms with Gasteiger partial charge in [0.05, 0.1) is 5.56 Å². The van der Waals surface area contributed by atoms with Crippen LogP contribution < -0.4 is 0 Å². The molecule has 0 unspecified atom stereocenters. The van der Waals surface area contributed by atoms with Crippen LogP contribution in [0.4, 0.5) is 0 Å². The van der Waals surface area contributed by atoms with Gasteiger partial charge in [-0.2, -0.15) is 0 Å². The molecule has 0 N–H and O–H groups in total. The second-order valence-electron chi connectivity index (χ2n) is 4.71. The van der Waals surface area contributed by atoms with E-state index in [1.165, 1.54) is 0 Å². The normalized spacial score (nSPS) is 11.3. The van der Waals surface area contributed by atoms with Gasteiger partial charge in [0.1, 0.15) is 0 Å². The van der Waals surface area contributed by atoms with Gasteiger partial charge >= 0.3 is 5.97 Å². The zero-order valence-corrected chi connectivity index (χ0v) is 12.7. The monoisotopic (exact) mass is 282 g/mol. The molecule has 0 atom stereocenters. The summed E-state index contributed by atoms with van der Waals surface area (Å²) in [6.07, 6.45) is 4.59. The molecule has 0 saturated carbocycles. The zero-order chi connectivity index (χ0) is 14.1. The Morgan fingerprint density at radius 3 is 2.05 bits per heavy atom. The van der Waals surface area contributed by atoms with Crippen LogP contribution in [0.5, 0.6) is 0 Å². The molecule has 4 heteroatoms. The molecule has 1 aromatic rings. The Morgan fingerprint density at radius 1 is 1.05 bits per heavy atom. The predicted octanol–water partition coefficient (Wildman–Crippen LogP) is 4.72. The van der Waals surface area contributed by atoms with Crippen molar-refractivity contribution < 1.29 is 13.9 Å². The molecule has 0 bridgehead atoms. The van der Waals surface area contributed by atoms with Crippen molar-refractivity contribution in [3.8, 4) is 0 Å². The third-order valence-corrected chi connectivity index (χ3v) is 5.46. The van der Waals surface area contributed by atoms with E-state index in [-0.39, 0.29) is 0 Å². The number of hydrogen-bond acceptors (Lipinski definition) is 3. The molecule has 0 aliphatic rings. The summed E-state index contributed by atoms with van der Waals surface area (Å²) >= 11 is 0. The summed E-state index contributed by atoms with van der Waals surface area (Å²) in [5.74, 6) is -0.462. The molecule has 0 radical (unpaired) electrons. The van der Waals surface area contributed by atoms with Gasteiger partial charge < -0.3 is 4.52 Å². The lowest BCUT2D eigenvalue weighted by Gasteiger charge is -2.18. The van der Waals surface area contributed by atoms with Gasteiger partial charge in [0.25, 0.3) is 7.37 Å². The second-order valence-corrected chi connectivity index (χ2v) is 7.42. The van der Waals surface area contributed by atoms with E-state index in [0.717, 1.165) is 25.7 Å². The minimum Gasteiger partial charge on any atom is -0.408 e. The largest absolute Gasteiger partial charge is 0.408 e. The van der Waals surface area contributed by atoms with Gasteiger partial charge in [-0.3, -0.25) is 4.57 Å². The topological polar surface area (TPSA) is 43.4 Å². The Kier molecular flexibility index (Phi) is 6.86. The highest BCUT2D eigenvalue weighted by Gasteiger charge is 2.26. The molecule has 0 spiro atoms. The van der Waals surface area contributed by atoms with Gasteiger partial charge in [-0.05, 0) is 25.0 Å². The quantitative estimate of drug-likeness (QED) is 0.648. The third kappa shape index (κ3) is 5.61. The maximum absolute atomic E-state index is 12.7. The first-order chi connectivity index (χ1) is 9.11. The number of hydrogen-bond donors (Lipinski definition) is 0. The van der Waals surface area contributed by atoms with Crippen LogP contribution in [0.25, 0.3) is 0 Å². The van der Waals surface area contributed by atoms with Crippen LogP contribution in [0.3, 0.4) is 0 Å². The minimum absolute atomic E-state index is 0.462. The third-order valence-electron chi connectivity index (χ3n) is 2.96. The first-order valence-corrected chi connectivity index (χ1v) is 8.98. The van der Waals surface area contributed by atoms with Crippen LogP contribution in [0.15, 0.2) is 30.3 Å². The Balaban J connectivity index is 2.71. The molecule has 106 valence electrons. The molecule has 0 aromatic heterocycles. The van der Waals surface area contributed by atoms with Crippen molar-refractivity contribution in [1.82, 2.24) is 0 Å². The highest BCUT2D eigenvalue weighted by atomic mass is 31.2. The van der Waals surface area contributed by atoms with Crippen molar-refractivity contribution in [3.05, 3.63) is 35.9 Å². The lowest BCUT2D eigenvalue weighted by Crippen LogP contribution is -2.08. The fourth-order valence-electron chi connectivity index (χ4n) is 1.78. The van der Waals surface area contributed by atoms with Gasteiger partial charge in [-0.1, -0.05) is 44.9 Å². The van der Waals surface area contributed by atoms with Crippen LogP contribution in [0, 0.1) is 0 Å². The second kappa shape index (κ2) is 8.16. The molecule has 0 amide bonds. The Hall–Kier alpha value is -1.08. The summed E-state index contributed by atoms with van der Waals surface area (Å²) in [4.78, 5) is 12.0. The van der Waals surface area contributed by atoms with E-state index < -0.39 is 13.3 Å². The lowest BCUT2D eigenvalue weighted by molar-refractivity contribution is 0.0740. The summed E-state index contributed by atoms with van der Waals surface area (Å²) in [6.45, 7) is 4.09. The number of unbranched alkanes of at least 4 members (excludes halogenated alkanes) is 2. The average Bonchev–Trinajstić information content (AvgIpc) is 2.44. The van der Waals surface area contributed by atoms with Crippen molar-refractivity contribution in [2.45, 2.75) is 39.5 Å². The smallest absolute Gasteiger partial charge is 0.343 e. The molecule has 1 rings (SSSR count). The van der Waals surface area contributed by atoms with E-state index in [2.05, 4.69) is 0 Å². The number of rotatable bonds is 8. The maximum atomic E-state index is 12.7. The van der Waals surface area contributed by atoms with Gasteiger partial charge in [-0.25, -0.2) is 4.79 Å². The van der Waals surface area contributed by atoms with Crippen molar-refractivity contribution in [2.75, 3.05) is 12.3 Å². The number of carbonyl (C=O) groups excluding carboxylic acids is 1.